The number of alkyl halides is 1. The van der Waals surface area contributed by atoms with Crippen LogP contribution in [0.2, 0.25) is 0 Å². The molecule has 1 saturated carbocycles. The number of benzene rings is 1. The quantitative estimate of drug-likeness (QED) is 0.819. The monoisotopic (exact) mass is 279 g/mol. The van der Waals surface area contributed by atoms with Crippen molar-refractivity contribution in [2.24, 2.45) is 0 Å². The molecule has 1 aromatic carbocycles. The van der Waals surface area contributed by atoms with Crippen molar-refractivity contribution in [3.05, 3.63) is 35.9 Å². The number of aryl methyl sites for hydroxylation is 1. The Bertz CT molecular complexity index is 398. The summed E-state index contributed by atoms with van der Waals surface area (Å²) in [4.78, 5) is 12.1. The molecule has 1 fully saturated rings. The second-order valence-electron chi connectivity index (χ2n) is 5.51. The smallest absolute Gasteiger partial charge is 0.220 e. The summed E-state index contributed by atoms with van der Waals surface area (Å²) in [6.07, 6.45) is 6.99. The fraction of sp³-hybridized carbons (Fsp3) is 0.562. The maximum atomic E-state index is 12.1. The van der Waals surface area contributed by atoms with Gasteiger partial charge in [-0.1, -0.05) is 49.6 Å². The molecule has 0 aliphatic heterocycles. The maximum Gasteiger partial charge on any atom is 0.220 e. The molecule has 0 heterocycles. The van der Waals surface area contributed by atoms with E-state index in [0.717, 1.165) is 19.3 Å². The molecule has 0 bridgehead atoms. The van der Waals surface area contributed by atoms with Crippen molar-refractivity contribution >= 4 is 17.5 Å². The van der Waals surface area contributed by atoms with E-state index in [9.17, 15) is 4.79 Å². The molecule has 0 atom stereocenters. The van der Waals surface area contributed by atoms with Crippen molar-refractivity contribution < 1.29 is 4.79 Å². The van der Waals surface area contributed by atoms with Gasteiger partial charge in [0.05, 0.1) is 5.54 Å². The van der Waals surface area contributed by atoms with Crippen LogP contribution in [0.15, 0.2) is 30.3 Å². The molecule has 0 aromatic heterocycles. The highest BCUT2D eigenvalue weighted by Gasteiger charge is 2.32. The zero-order valence-corrected chi connectivity index (χ0v) is 12.1. The summed E-state index contributed by atoms with van der Waals surface area (Å²) in [6.45, 7) is 0. The Morgan fingerprint density at radius 3 is 2.47 bits per heavy atom. The first-order valence-electron chi connectivity index (χ1n) is 7.15. The number of hydrogen-bond acceptors (Lipinski definition) is 1. The number of carbonyl (C=O) groups is 1. The minimum absolute atomic E-state index is 0.131. The SMILES string of the molecule is O=C(CCc1ccccc1)NC1(CCl)CCCCC1. The average molecular weight is 280 g/mol. The van der Waals surface area contributed by atoms with Gasteiger partial charge in [0.1, 0.15) is 0 Å². The third kappa shape index (κ3) is 4.24. The molecular weight excluding hydrogens is 258 g/mol. The van der Waals surface area contributed by atoms with Crippen LogP contribution < -0.4 is 5.32 Å². The highest BCUT2D eigenvalue weighted by Crippen LogP contribution is 2.29. The Kier molecular flexibility index (Phi) is 5.26. The van der Waals surface area contributed by atoms with Crippen molar-refractivity contribution in [1.82, 2.24) is 5.32 Å². The summed E-state index contributed by atoms with van der Waals surface area (Å²) < 4.78 is 0. The number of carbonyl (C=O) groups excluding carboxylic acids is 1. The first-order valence-corrected chi connectivity index (χ1v) is 7.68. The Morgan fingerprint density at radius 2 is 1.84 bits per heavy atom. The highest BCUT2D eigenvalue weighted by molar-refractivity contribution is 6.18. The largest absolute Gasteiger partial charge is 0.349 e. The molecule has 2 nitrogen and oxygen atoms in total. The lowest BCUT2D eigenvalue weighted by atomic mass is 9.83. The first kappa shape index (κ1) is 14.4. The minimum Gasteiger partial charge on any atom is -0.349 e. The van der Waals surface area contributed by atoms with Crippen molar-refractivity contribution in [2.45, 2.75) is 50.5 Å². The van der Waals surface area contributed by atoms with Crippen molar-refractivity contribution in [2.75, 3.05) is 5.88 Å². The molecule has 1 N–H and O–H groups in total. The van der Waals surface area contributed by atoms with E-state index in [1.807, 2.05) is 18.2 Å². The third-order valence-electron chi connectivity index (χ3n) is 3.95. The highest BCUT2D eigenvalue weighted by atomic mass is 35.5. The number of halogens is 1. The van der Waals surface area contributed by atoms with Gasteiger partial charge in [-0.3, -0.25) is 4.79 Å². The van der Waals surface area contributed by atoms with E-state index < -0.39 is 0 Å². The van der Waals surface area contributed by atoms with E-state index in [1.165, 1.54) is 24.8 Å². The van der Waals surface area contributed by atoms with Gasteiger partial charge in [-0.2, -0.15) is 0 Å². The van der Waals surface area contributed by atoms with Crippen molar-refractivity contribution in [1.29, 1.82) is 0 Å². The van der Waals surface area contributed by atoms with E-state index >= 15 is 0 Å². The van der Waals surface area contributed by atoms with Gasteiger partial charge < -0.3 is 5.32 Å². The van der Waals surface area contributed by atoms with Gasteiger partial charge in [0.2, 0.25) is 5.91 Å². The summed E-state index contributed by atoms with van der Waals surface area (Å²) >= 11 is 6.08. The molecule has 19 heavy (non-hydrogen) atoms. The molecule has 1 aliphatic carbocycles. The summed E-state index contributed by atoms with van der Waals surface area (Å²) in [5.41, 5.74) is 1.06. The van der Waals surface area contributed by atoms with Crippen molar-refractivity contribution in [3.63, 3.8) is 0 Å². The zero-order valence-electron chi connectivity index (χ0n) is 11.3. The molecule has 0 radical (unpaired) electrons. The molecule has 1 aliphatic rings. The summed E-state index contributed by atoms with van der Waals surface area (Å²) in [5.74, 6) is 0.663. The molecule has 0 spiro atoms. The van der Waals surface area contributed by atoms with Gasteiger partial charge in [0.25, 0.3) is 0 Å². The summed E-state index contributed by atoms with van der Waals surface area (Å²) in [5, 5.41) is 3.18. The van der Waals surface area contributed by atoms with Crippen LogP contribution in [0, 0.1) is 0 Å². The lowest BCUT2D eigenvalue weighted by Gasteiger charge is -2.36. The lowest BCUT2D eigenvalue weighted by molar-refractivity contribution is -0.123. The third-order valence-corrected chi connectivity index (χ3v) is 4.47. The van der Waals surface area contributed by atoms with Crippen LogP contribution in [0.25, 0.3) is 0 Å². The Labute approximate surface area is 120 Å². The van der Waals surface area contributed by atoms with Gasteiger partial charge in [0.15, 0.2) is 0 Å². The number of amides is 1. The van der Waals surface area contributed by atoms with E-state index in [4.69, 9.17) is 11.6 Å². The van der Waals surface area contributed by atoms with E-state index in [1.54, 1.807) is 0 Å². The minimum atomic E-state index is -0.145. The maximum absolute atomic E-state index is 12.1. The average Bonchev–Trinajstić information content (AvgIpc) is 2.47. The Morgan fingerprint density at radius 1 is 1.16 bits per heavy atom. The van der Waals surface area contributed by atoms with E-state index in [0.29, 0.717) is 12.3 Å². The molecule has 1 aromatic rings. The topological polar surface area (TPSA) is 29.1 Å². The predicted octanol–water partition coefficient (Wildman–Crippen LogP) is 3.68. The fourth-order valence-electron chi connectivity index (χ4n) is 2.78. The van der Waals surface area contributed by atoms with Crippen LogP contribution in [-0.4, -0.2) is 17.3 Å². The molecule has 0 saturated heterocycles. The molecular formula is C16H22ClNO. The van der Waals surface area contributed by atoms with Gasteiger partial charge in [0, 0.05) is 12.3 Å². The summed E-state index contributed by atoms with van der Waals surface area (Å²) in [7, 11) is 0. The van der Waals surface area contributed by atoms with Gasteiger partial charge in [-0.15, -0.1) is 11.6 Å². The first-order chi connectivity index (χ1) is 9.24. The zero-order chi connectivity index (χ0) is 13.6. The Balaban J connectivity index is 1.83. The molecule has 2 rings (SSSR count). The second-order valence-corrected chi connectivity index (χ2v) is 5.78. The van der Waals surface area contributed by atoms with Crippen LogP contribution >= 0.6 is 11.6 Å². The number of nitrogens with one attached hydrogen (secondary N) is 1. The van der Waals surface area contributed by atoms with E-state index in [2.05, 4.69) is 17.4 Å². The predicted molar refractivity (Wildman–Crippen MR) is 79.4 cm³/mol. The van der Waals surface area contributed by atoms with Crippen LogP contribution in [0.4, 0.5) is 0 Å². The molecule has 0 unspecified atom stereocenters. The van der Waals surface area contributed by atoms with E-state index in [-0.39, 0.29) is 11.4 Å². The molecule has 1 amide bonds. The fourth-order valence-corrected chi connectivity index (χ4v) is 3.12. The Hall–Kier alpha value is -1.02. The number of hydrogen-bond donors (Lipinski definition) is 1. The van der Waals surface area contributed by atoms with Gasteiger partial charge in [-0.25, -0.2) is 0 Å². The summed E-state index contributed by atoms with van der Waals surface area (Å²) in [6, 6.07) is 10.1. The number of rotatable bonds is 5. The second kappa shape index (κ2) is 6.95. The van der Waals surface area contributed by atoms with Gasteiger partial charge in [-0.05, 0) is 24.8 Å². The van der Waals surface area contributed by atoms with Crippen LogP contribution in [-0.2, 0) is 11.2 Å². The van der Waals surface area contributed by atoms with Crippen LogP contribution in [0.5, 0.6) is 0 Å². The van der Waals surface area contributed by atoms with Gasteiger partial charge >= 0.3 is 0 Å². The molecule has 3 heteroatoms. The van der Waals surface area contributed by atoms with Crippen LogP contribution in [0.3, 0.4) is 0 Å². The normalized spacial score (nSPS) is 17.9. The standard InChI is InChI=1S/C16H22ClNO/c17-13-16(11-5-2-6-12-16)18-15(19)10-9-14-7-3-1-4-8-14/h1,3-4,7-8H,2,5-6,9-13H2,(H,18,19). The van der Waals surface area contributed by atoms with Crippen LogP contribution in [0.1, 0.15) is 44.1 Å². The lowest BCUT2D eigenvalue weighted by Crippen LogP contribution is -2.51. The molecule has 104 valence electrons. The van der Waals surface area contributed by atoms with Crippen molar-refractivity contribution in [3.8, 4) is 0 Å².